The van der Waals surface area contributed by atoms with Crippen molar-refractivity contribution in [2.45, 2.75) is 32.4 Å². The van der Waals surface area contributed by atoms with Crippen molar-refractivity contribution in [3.8, 4) is 11.3 Å². The van der Waals surface area contributed by atoms with Crippen molar-refractivity contribution in [3.63, 3.8) is 0 Å². The number of anilines is 2. The van der Waals surface area contributed by atoms with Crippen LogP contribution in [0.1, 0.15) is 42.4 Å². The summed E-state index contributed by atoms with van der Waals surface area (Å²) in [4.78, 5) is 18.6. The molecule has 188 valence electrons. The number of carbonyl (C=O) groups excluding carboxylic acids is 1. The lowest BCUT2D eigenvalue weighted by Crippen LogP contribution is -2.29. The van der Waals surface area contributed by atoms with Crippen molar-refractivity contribution < 1.29 is 9.21 Å². The summed E-state index contributed by atoms with van der Waals surface area (Å²) in [5, 5.41) is 7.99. The quantitative estimate of drug-likeness (QED) is 0.242. The highest BCUT2D eigenvalue weighted by Crippen LogP contribution is 2.44. The molecule has 2 aromatic heterocycles. The minimum absolute atomic E-state index is 0.0359. The van der Waals surface area contributed by atoms with Gasteiger partial charge in [0.1, 0.15) is 17.6 Å². The fourth-order valence-corrected chi connectivity index (χ4v) is 5.29. The Labute approximate surface area is 230 Å². The molecule has 6 nitrogen and oxygen atoms in total. The Balaban J connectivity index is 1.57. The third-order valence-electron chi connectivity index (χ3n) is 6.30. The third-order valence-corrected chi connectivity index (χ3v) is 7.16. The smallest absolute Gasteiger partial charge is 0.224 e. The first-order valence-electron chi connectivity index (χ1n) is 11.8. The zero-order valence-corrected chi connectivity index (χ0v) is 22.5. The summed E-state index contributed by atoms with van der Waals surface area (Å²) in [6, 6.07) is 20.2. The van der Waals surface area contributed by atoms with Gasteiger partial charge in [0.15, 0.2) is 5.11 Å². The Morgan fingerprint density at radius 3 is 2.68 bits per heavy atom. The first-order chi connectivity index (χ1) is 17.9. The number of thiocarbonyl (C=S) groups is 1. The number of hydrogen-bond donors (Lipinski definition) is 2. The van der Waals surface area contributed by atoms with Crippen LogP contribution >= 0.6 is 35.4 Å². The van der Waals surface area contributed by atoms with E-state index in [-0.39, 0.29) is 18.0 Å². The molecule has 0 saturated carbocycles. The first-order valence-corrected chi connectivity index (χ1v) is 13.0. The van der Waals surface area contributed by atoms with Gasteiger partial charge in [0, 0.05) is 34.6 Å². The van der Waals surface area contributed by atoms with E-state index in [1.807, 2.05) is 73.3 Å². The van der Waals surface area contributed by atoms with Crippen LogP contribution in [0.2, 0.25) is 10.0 Å². The van der Waals surface area contributed by atoms with Gasteiger partial charge in [0.2, 0.25) is 5.91 Å². The SMILES string of the molecule is CCC(=O)Nc1ccc(N2C(=S)N[C@H](c3ccccn3)[C@@H]2c2ccc(-c3ccc(Cl)cc3Cl)o2)cc1C. The summed E-state index contributed by atoms with van der Waals surface area (Å²) in [6.45, 7) is 3.78. The number of halogens is 2. The standard InChI is InChI=1S/C28H24Cl2N4O2S/c1-3-25(35)32-21-10-8-18(14-16(21)2)34-27(26(33-28(34)37)22-6-4-5-13-31-22)24-12-11-23(36-24)19-9-7-17(29)15-20(19)30/h4-15,26-27H,3H2,1-2H3,(H,32,35)(H,33,37)/t26-,27+/m1/s1. The molecule has 2 N–H and O–H groups in total. The van der Waals surface area contributed by atoms with Crippen LogP contribution in [-0.4, -0.2) is 16.0 Å². The molecule has 37 heavy (non-hydrogen) atoms. The Kier molecular flexibility index (Phi) is 7.20. The molecule has 1 saturated heterocycles. The van der Waals surface area contributed by atoms with Crippen LogP contribution in [0.4, 0.5) is 11.4 Å². The van der Waals surface area contributed by atoms with Crippen LogP contribution in [-0.2, 0) is 4.79 Å². The summed E-state index contributed by atoms with van der Waals surface area (Å²) >= 11 is 18.4. The number of benzene rings is 2. The molecule has 3 heterocycles. The molecule has 9 heteroatoms. The lowest BCUT2D eigenvalue weighted by atomic mass is 10.0. The molecule has 0 bridgehead atoms. The van der Waals surface area contributed by atoms with E-state index in [0.717, 1.165) is 28.2 Å². The van der Waals surface area contributed by atoms with E-state index in [1.165, 1.54) is 0 Å². The molecular formula is C28H24Cl2N4O2S. The molecule has 1 amide bonds. The largest absolute Gasteiger partial charge is 0.459 e. The van der Waals surface area contributed by atoms with Crippen molar-refractivity contribution in [2.75, 3.05) is 10.2 Å². The fourth-order valence-electron chi connectivity index (χ4n) is 4.44. The van der Waals surface area contributed by atoms with Gasteiger partial charge in [0.05, 0.1) is 16.8 Å². The molecule has 4 aromatic rings. The maximum Gasteiger partial charge on any atom is 0.224 e. The van der Waals surface area contributed by atoms with Crippen molar-refractivity contribution in [1.29, 1.82) is 0 Å². The molecule has 0 spiro atoms. The van der Waals surface area contributed by atoms with Gasteiger partial charge in [-0.05, 0) is 85.4 Å². The molecule has 0 unspecified atom stereocenters. The van der Waals surface area contributed by atoms with Crippen molar-refractivity contribution in [2.24, 2.45) is 0 Å². The van der Waals surface area contributed by atoms with E-state index < -0.39 is 0 Å². The number of pyridine rings is 1. The second-order valence-electron chi connectivity index (χ2n) is 8.72. The molecule has 0 radical (unpaired) electrons. The highest BCUT2D eigenvalue weighted by molar-refractivity contribution is 7.80. The summed E-state index contributed by atoms with van der Waals surface area (Å²) in [7, 11) is 0. The Morgan fingerprint density at radius 1 is 1.14 bits per heavy atom. The van der Waals surface area contributed by atoms with Gasteiger partial charge < -0.3 is 20.0 Å². The Morgan fingerprint density at radius 2 is 1.97 bits per heavy atom. The molecule has 5 rings (SSSR count). The van der Waals surface area contributed by atoms with Crippen molar-refractivity contribution in [1.82, 2.24) is 10.3 Å². The van der Waals surface area contributed by atoms with E-state index in [0.29, 0.717) is 33.1 Å². The van der Waals surface area contributed by atoms with Crippen LogP contribution in [0.25, 0.3) is 11.3 Å². The van der Waals surface area contributed by atoms with Gasteiger partial charge in [0.25, 0.3) is 0 Å². The van der Waals surface area contributed by atoms with Crippen LogP contribution in [0, 0.1) is 6.92 Å². The number of nitrogens with zero attached hydrogens (tertiary/aromatic N) is 2. The molecule has 2 atom stereocenters. The molecular weight excluding hydrogens is 527 g/mol. The van der Waals surface area contributed by atoms with Crippen LogP contribution in [0.15, 0.2) is 77.3 Å². The lowest BCUT2D eigenvalue weighted by molar-refractivity contribution is -0.115. The van der Waals surface area contributed by atoms with Crippen molar-refractivity contribution >= 4 is 57.8 Å². The number of carbonyl (C=O) groups is 1. The van der Waals surface area contributed by atoms with Gasteiger partial charge >= 0.3 is 0 Å². The highest BCUT2D eigenvalue weighted by Gasteiger charge is 2.42. The van der Waals surface area contributed by atoms with Crippen molar-refractivity contribution in [3.05, 3.63) is 100.0 Å². The number of aromatic nitrogens is 1. The molecule has 0 aliphatic carbocycles. The fraction of sp³-hybridized carbons (Fsp3) is 0.179. The van der Waals surface area contributed by atoms with Gasteiger partial charge in [-0.2, -0.15) is 0 Å². The maximum absolute atomic E-state index is 11.9. The van der Waals surface area contributed by atoms with E-state index in [4.69, 9.17) is 39.8 Å². The second kappa shape index (κ2) is 10.5. The second-order valence-corrected chi connectivity index (χ2v) is 9.95. The van der Waals surface area contributed by atoms with Gasteiger partial charge in [-0.15, -0.1) is 0 Å². The summed E-state index contributed by atoms with van der Waals surface area (Å²) in [6.07, 6.45) is 2.17. The number of hydrogen-bond acceptors (Lipinski definition) is 4. The average molecular weight is 551 g/mol. The topological polar surface area (TPSA) is 70.4 Å². The maximum atomic E-state index is 11.9. The highest BCUT2D eigenvalue weighted by atomic mass is 35.5. The predicted octanol–water partition coefficient (Wildman–Crippen LogP) is 7.48. The summed E-state index contributed by atoms with van der Waals surface area (Å²) in [5.74, 6) is 1.29. The monoisotopic (exact) mass is 550 g/mol. The minimum Gasteiger partial charge on any atom is -0.459 e. The van der Waals surface area contributed by atoms with E-state index in [2.05, 4.69) is 15.6 Å². The number of furan rings is 1. The van der Waals surface area contributed by atoms with E-state index >= 15 is 0 Å². The first kappa shape index (κ1) is 25.3. The van der Waals surface area contributed by atoms with Crippen LogP contribution in [0.3, 0.4) is 0 Å². The third kappa shape index (κ3) is 5.07. The van der Waals surface area contributed by atoms with E-state index in [1.54, 1.807) is 18.3 Å². The number of aryl methyl sites for hydroxylation is 1. The minimum atomic E-state index is -0.322. The van der Waals surface area contributed by atoms with Gasteiger partial charge in [-0.25, -0.2) is 0 Å². The average Bonchev–Trinajstić information content (AvgIpc) is 3.50. The number of rotatable bonds is 6. The van der Waals surface area contributed by atoms with Crippen LogP contribution < -0.4 is 15.5 Å². The predicted molar refractivity (Wildman–Crippen MR) is 152 cm³/mol. The van der Waals surface area contributed by atoms with Crippen LogP contribution in [0.5, 0.6) is 0 Å². The molecule has 2 aromatic carbocycles. The molecule has 1 aliphatic heterocycles. The van der Waals surface area contributed by atoms with E-state index in [9.17, 15) is 4.79 Å². The molecule has 1 fully saturated rings. The van der Waals surface area contributed by atoms with Gasteiger partial charge in [-0.1, -0.05) is 36.2 Å². The number of nitrogens with one attached hydrogen (secondary N) is 2. The number of amides is 1. The zero-order chi connectivity index (χ0) is 26.1. The Bertz CT molecular complexity index is 1470. The zero-order valence-electron chi connectivity index (χ0n) is 20.2. The Hall–Kier alpha value is -3.39. The lowest BCUT2D eigenvalue weighted by Gasteiger charge is -2.27. The molecule has 1 aliphatic rings. The summed E-state index contributed by atoms with van der Waals surface area (Å²) < 4.78 is 6.39. The normalized spacial score (nSPS) is 17.1. The van der Waals surface area contributed by atoms with Gasteiger partial charge in [-0.3, -0.25) is 9.78 Å². The summed E-state index contributed by atoms with van der Waals surface area (Å²) in [5.41, 5.74) is 4.15.